The zero-order valence-electron chi connectivity index (χ0n) is 17.3. The number of aromatic nitrogens is 2. The molecule has 0 N–H and O–H groups in total. The Kier molecular flexibility index (Phi) is 4.83. The number of nitrogens with zero attached hydrogens (tertiary/aromatic N) is 3. The molecule has 3 heterocycles. The minimum atomic E-state index is -1.52. The molecule has 0 bridgehead atoms. The lowest BCUT2D eigenvalue weighted by atomic mass is 10.1. The molecule has 150 valence electrons. The molecular formula is C22H25N3O3Si. The first kappa shape index (κ1) is 19.5. The van der Waals surface area contributed by atoms with E-state index in [4.69, 9.17) is 4.74 Å². The van der Waals surface area contributed by atoms with Gasteiger partial charge in [0, 0.05) is 12.1 Å². The molecule has 0 spiro atoms. The number of benzene rings is 1. The summed E-state index contributed by atoms with van der Waals surface area (Å²) in [5.74, 6) is 2.78. The van der Waals surface area contributed by atoms with Crippen LogP contribution in [0, 0.1) is 11.5 Å². The second-order valence-corrected chi connectivity index (χ2v) is 13.2. The van der Waals surface area contributed by atoms with Gasteiger partial charge in [0.25, 0.3) is 5.91 Å². The molecule has 6 nitrogen and oxygen atoms in total. The average molecular weight is 408 g/mol. The zero-order valence-corrected chi connectivity index (χ0v) is 18.3. The second-order valence-electron chi connectivity index (χ2n) is 8.46. The molecular weight excluding hydrogens is 382 g/mol. The number of imidazole rings is 1. The summed E-state index contributed by atoms with van der Waals surface area (Å²) in [4.78, 5) is 32.1. The van der Waals surface area contributed by atoms with Crippen LogP contribution in [0.25, 0.3) is 5.69 Å². The molecule has 1 aromatic carbocycles. The highest BCUT2D eigenvalue weighted by Crippen LogP contribution is 2.40. The SMILES string of the molecule is CCOC(=O)c1ncn2c1[C@@H]1CCCN1C(=O)c1cc(C#C[Si](C)(C)C)ccc1-2. The number of carbonyl (C=O) groups excluding carboxylic acids is 2. The third-order valence-corrected chi connectivity index (χ3v) is 6.05. The molecule has 2 aliphatic rings. The summed E-state index contributed by atoms with van der Waals surface area (Å²) in [6.45, 7) is 9.31. The highest BCUT2D eigenvalue weighted by atomic mass is 28.3. The number of ether oxygens (including phenoxy) is 1. The van der Waals surface area contributed by atoms with Gasteiger partial charge in [-0.05, 0) is 38.0 Å². The standard InChI is InChI=1S/C22H25N3O3Si/c1-5-28-22(27)19-20-18-7-6-11-24(18)21(26)16-13-15(10-12-29(2,3)4)8-9-17(16)25(20)14-23-19/h8-9,13-14,18H,5-7,11H2,1-4H3/t18-/m0/s1. The average Bonchev–Trinajstić information content (AvgIpc) is 3.30. The first-order chi connectivity index (χ1) is 13.8. The van der Waals surface area contributed by atoms with E-state index in [0.29, 0.717) is 17.8 Å². The second kappa shape index (κ2) is 7.19. The van der Waals surface area contributed by atoms with Crippen molar-refractivity contribution in [3.63, 3.8) is 0 Å². The maximum atomic E-state index is 13.4. The number of hydrogen-bond donors (Lipinski definition) is 0. The van der Waals surface area contributed by atoms with E-state index in [2.05, 4.69) is 36.1 Å². The number of hydrogen-bond acceptors (Lipinski definition) is 4. The van der Waals surface area contributed by atoms with E-state index in [1.54, 1.807) is 13.3 Å². The molecule has 0 radical (unpaired) electrons. The fraction of sp³-hybridized carbons (Fsp3) is 0.409. The van der Waals surface area contributed by atoms with Gasteiger partial charge < -0.3 is 9.64 Å². The van der Waals surface area contributed by atoms with Gasteiger partial charge in [0.1, 0.15) is 14.4 Å². The maximum absolute atomic E-state index is 13.4. The van der Waals surface area contributed by atoms with E-state index in [9.17, 15) is 9.59 Å². The van der Waals surface area contributed by atoms with Gasteiger partial charge in [0.2, 0.25) is 0 Å². The Hall–Kier alpha value is -2.85. The van der Waals surface area contributed by atoms with Crippen LogP contribution in [0.2, 0.25) is 19.6 Å². The minimum absolute atomic E-state index is 0.0161. The molecule has 2 aliphatic heterocycles. The van der Waals surface area contributed by atoms with Gasteiger partial charge in [-0.15, -0.1) is 5.54 Å². The molecule has 0 unspecified atom stereocenters. The highest BCUT2D eigenvalue weighted by molar-refractivity contribution is 6.83. The van der Waals surface area contributed by atoms with Gasteiger partial charge in [0.05, 0.1) is 29.6 Å². The number of fused-ring (bicyclic) bond motifs is 5. The first-order valence-electron chi connectivity index (χ1n) is 10.0. The van der Waals surface area contributed by atoms with Crippen LogP contribution in [-0.2, 0) is 4.74 Å². The molecule has 0 saturated carbocycles. The number of amides is 1. The summed E-state index contributed by atoms with van der Waals surface area (Å²) in [7, 11) is -1.52. The molecule has 7 heteroatoms. The van der Waals surface area contributed by atoms with Crippen LogP contribution in [0.15, 0.2) is 24.5 Å². The van der Waals surface area contributed by atoms with E-state index >= 15 is 0 Å². The van der Waals surface area contributed by atoms with Gasteiger partial charge in [-0.1, -0.05) is 25.6 Å². The molecule has 1 saturated heterocycles. The Morgan fingerprint density at radius 2 is 2.14 bits per heavy atom. The number of rotatable bonds is 2. The molecule has 4 rings (SSSR count). The molecule has 1 aromatic heterocycles. The van der Waals surface area contributed by atoms with Crippen molar-refractivity contribution in [2.45, 2.75) is 45.4 Å². The lowest BCUT2D eigenvalue weighted by molar-refractivity contribution is 0.0513. The van der Waals surface area contributed by atoms with Crippen LogP contribution in [0.4, 0.5) is 0 Å². The minimum Gasteiger partial charge on any atom is -0.461 e. The van der Waals surface area contributed by atoms with E-state index in [1.807, 2.05) is 27.7 Å². The lowest BCUT2D eigenvalue weighted by Crippen LogP contribution is -2.30. The van der Waals surface area contributed by atoms with Gasteiger partial charge in [0.15, 0.2) is 5.69 Å². The zero-order chi connectivity index (χ0) is 20.8. The third-order valence-electron chi connectivity index (χ3n) is 5.17. The summed E-state index contributed by atoms with van der Waals surface area (Å²) in [5.41, 5.74) is 6.58. The normalized spacial score (nSPS) is 17.6. The van der Waals surface area contributed by atoms with Crippen molar-refractivity contribution in [3.8, 4) is 17.2 Å². The van der Waals surface area contributed by atoms with Gasteiger partial charge in [-0.25, -0.2) is 9.78 Å². The highest BCUT2D eigenvalue weighted by Gasteiger charge is 2.40. The van der Waals surface area contributed by atoms with Gasteiger partial charge in [-0.2, -0.15) is 0 Å². The fourth-order valence-corrected chi connectivity index (χ4v) is 4.45. The van der Waals surface area contributed by atoms with Crippen LogP contribution in [0.3, 0.4) is 0 Å². The summed E-state index contributed by atoms with van der Waals surface area (Å²) in [6, 6.07) is 5.54. The van der Waals surface area contributed by atoms with Crippen LogP contribution < -0.4 is 0 Å². The summed E-state index contributed by atoms with van der Waals surface area (Å²) in [5, 5.41) is 0. The molecule has 1 atom stereocenters. The quantitative estimate of drug-likeness (QED) is 0.434. The molecule has 1 amide bonds. The Bertz CT molecular complexity index is 1060. The van der Waals surface area contributed by atoms with E-state index in [0.717, 1.165) is 29.8 Å². The smallest absolute Gasteiger partial charge is 0.358 e. The summed E-state index contributed by atoms with van der Waals surface area (Å²) in [6.07, 6.45) is 3.33. The topological polar surface area (TPSA) is 64.4 Å². The van der Waals surface area contributed by atoms with E-state index in [-0.39, 0.29) is 18.6 Å². The number of carbonyl (C=O) groups is 2. The first-order valence-corrected chi connectivity index (χ1v) is 13.5. The van der Waals surface area contributed by atoms with Crippen molar-refractivity contribution >= 4 is 20.0 Å². The van der Waals surface area contributed by atoms with Crippen molar-refractivity contribution in [1.82, 2.24) is 14.5 Å². The van der Waals surface area contributed by atoms with E-state index in [1.165, 1.54) is 0 Å². The van der Waals surface area contributed by atoms with Crippen LogP contribution >= 0.6 is 0 Å². The predicted octanol–water partition coefficient (Wildman–Crippen LogP) is 3.57. The number of esters is 1. The summed E-state index contributed by atoms with van der Waals surface area (Å²) < 4.78 is 7.09. The van der Waals surface area contributed by atoms with Crippen LogP contribution in [0.1, 0.15) is 57.9 Å². The Morgan fingerprint density at radius 3 is 2.86 bits per heavy atom. The van der Waals surface area contributed by atoms with Crippen molar-refractivity contribution in [1.29, 1.82) is 0 Å². The molecule has 29 heavy (non-hydrogen) atoms. The Morgan fingerprint density at radius 1 is 1.34 bits per heavy atom. The van der Waals surface area contributed by atoms with Crippen LogP contribution in [-0.4, -0.2) is 47.6 Å². The Balaban J connectivity index is 1.88. The Labute approximate surface area is 171 Å². The third kappa shape index (κ3) is 3.49. The monoisotopic (exact) mass is 407 g/mol. The fourth-order valence-electron chi connectivity index (χ4n) is 3.93. The molecule has 1 fully saturated rings. The molecule has 0 aliphatic carbocycles. The van der Waals surface area contributed by atoms with Gasteiger partial charge >= 0.3 is 5.97 Å². The predicted molar refractivity (Wildman–Crippen MR) is 113 cm³/mol. The van der Waals surface area contributed by atoms with Crippen LogP contribution in [0.5, 0.6) is 0 Å². The molecule has 2 aromatic rings. The van der Waals surface area contributed by atoms with Crippen molar-refractivity contribution in [3.05, 3.63) is 47.0 Å². The van der Waals surface area contributed by atoms with Crippen molar-refractivity contribution < 1.29 is 14.3 Å². The van der Waals surface area contributed by atoms with E-state index < -0.39 is 14.0 Å². The maximum Gasteiger partial charge on any atom is 0.358 e. The van der Waals surface area contributed by atoms with Crippen molar-refractivity contribution in [2.24, 2.45) is 0 Å². The largest absolute Gasteiger partial charge is 0.461 e. The lowest BCUT2D eigenvalue weighted by Gasteiger charge is -2.22. The van der Waals surface area contributed by atoms with Gasteiger partial charge in [-0.3, -0.25) is 9.36 Å². The van der Waals surface area contributed by atoms with Crippen molar-refractivity contribution in [2.75, 3.05) is 13.2 Å². The summed E-state index contributed by atoms with van der Waals surface area (Å²) >= 11 is 0.